The molecule has 0 aliphatic carbocycles. The van der Waals surface area contributed by atoms with Crippen LogP contribution >= 0.6 is 0 Å². The zero-order chi connectivity index (χ0) is 18.8. The SMILES string of the molecule is Cc1noc(CCNc2c([N+](=O)[O-])cc(C(F)(F)F)cc2[N+](=O)[O-])n1. The van der Waals surface area contributed by atoms with E-state index in [4.69, 9.17) is 4.52 Å². The molecule has 0 unspecified atom stereocenters. The number of alkyl halides is 3. The van der Waals surface area contributed by atoms with Crippen LogP contribution in [0, 0.1) is 27.2 Å². The monoisotopic (exact) mass is 361 g/mol. The van der Waals surface area contributed by atoms with E-state index in [1.165, 1.54) is 0 Å². The number of aryl methyl sites for hydroxylation is 1. The molecule has 0 amide bonds. The van der Waals surface area contributed by atoms with Crippen molar-refractivity contribution in [3.05, 3.63) is 49.6 Å². The van der Waals surface area contributed by atoms with Crippen molar-refractivity contribution in [1.29, 1.82) is 0 Å². The summed E-state index contributed by atoms with van der Waals surface area (Å²) in [6.07, 6.45) is -4.90. The summed E-state index contributed by atoms with van der Waals surface area (Å²) in [5.74, 6) is 0.517. The zero-order valence-corrected chi connectivity index (χ0v) is 12.5. The number of hydrogen-bond donors (Lipinski definition) is 1. The van der Waals surface area contributed by atoms with E-state index in [2.05, 4.69) is 15.5 Å². The highest BCUT2D eigenvalue weighted by Gasteiger charge is 2.37. The van der Waals surface area contributed by atoms with Crippen LogP contribution in [-0.2, 0) is 12.6 Å². The molecule has 0 fully saturated rings. The van der Waals surface area contributed by atoms with Crippen molar-refractivity contribution in [2.24, 2.45) is 0 Å². The van der Waals surface area contributed by atoms with Crippen molar-refractivity contribution >= 4 is 17.1 Å². The van der Waals surface area contributed by atoms with Crippen molar-refractivity contribution in [3.63, 3.8) is 0 Å². The third-order valence-electron chi connectivity index (χ3n) is 3.03. The Labute approximate surface area is 136 Å². The van der Waals surface area contributed by atoms with Gasteiger partial charge in [0.2, 0.25) is 5.89 Å². The van der Waals surface area contributed by atoms with Crippen LogP contribution in [0.1, 0.15) is 17.3 Å². The van der Waals surface area contributed by atoms with Crippen molar-refractivity contribution in [3.8, 4) is 0 Å². The summed E-state index contributed by atoms with van der Waals surface area (Å²) in [6.45, 7) is 1.46. The normalized spacial score (nSPS) is 11.4. The van der Waals surface area contributed by atoms with Gasteiger partial charge in [-0.1, -0.05) is 5.16 Å². The second-order valence-corrected chi connectivity index (χ2v) is 4.81. The van der Waals surface area contributed by atoms with Crippen LogP contribution in [-0.4, -0.2) is 26.5 Å². The van der Waals surface area contributed by atoms with Crippen LogP contribution in [0.4, 0.5) is 30.2 Å². The number of nitro benzene ring substituents is 2. The summed E-state index contributed by atoms with van der Waals surface area (Å²) in [4.78, 5) is 23.7. The van der Waals surface area contributed by atoms with Gasteiger partial charge in [-0.15, -0.1) is 0 Å². The first-order chi connectivity index (χ1) is 11.6. The lowest BCUT2D eigenvalue weighted by Gasteiger charge is -2.11. The number of nitrogens with zero attached hydrogens (tertiary/aromatic N) is 4. The number of nitro groups is 2. The molecule has 1 aromatic heterocycles. The molecule has 0 aliphatic heterocycles. The van der Waals surface area contributed by atoms with E-state index in [0.717, 1.165) is 0 Å². The lowest BCUT2D eigenvalue weighted by Crippen LogP contribution is -2.12. The van der Waals surface area contributed by atoms with E-state index in [9.17, 15) is 33.4 Å². The van der Waals surface area contributed by atoms with Gasteiger partial charge in [0.05, 0.1) is 15.4 Å². The Balaban J connectivity index is 2.36. The largest absolute Gasteiger partial charge is 0.416 e. The molecular formula is C12H10F3N5O5. The van der Waals surface area contributed by atoms with Crippen LogP contribution in [0.3, 0.4) is 0 Å². The molecular weight excluding hydrogens is 351 g/mol. The fourth-order valence-corrected chi connectivity index (χ4v) is 1.98. The van der Waals surface area contributed by atoms with E-state index in [0.29, 0.717) is 5.82 Å². The van der Waals surface area contributed by atoms with Gasteiger partial charge in [0.1, 0.15) is 0 Å². The van der Waals surface area contributed by atoms with Crippen LogP contribution < -0.4 is 5.32 Å². The van der Waals surface area contributed by atoms with E-state index in [1.807, 2.05) is 0 Å². The Morgan fingerprint density at radius 3 is 2.16 bits per heavy atom. The number of hydrogen-bond acceptors (Lipinski definition) is 8. The minimum atomic E-state index is -4.96. The van der Waals surface area contributed by atoms with Crippen LogP contribution in [0.15, 0.2) is 16.7 Å². The van der Waals surface area contributed by atoms with E-state index in [-0.39, 0.29) is 31.0 Å². The van der Waals surface area contributed by atoms with E-state index < -0.39 is 38.6 Å². The highest BCUT2D eigenvalue weighted by Crippen LogP contribution is 2.41. The maximum Gasteiger partial charge on any atom is 0.416 e. The number of rotatable bonds is 6. The average molecular weight is 361 g/mol. The van der Waals surface area contributed by atoms with Gasteiger partial charge in [0.25, 0.3) is 11.4 Å². The molecule has 0 atom stereocenters. The van der Waals surface area contributed by atoms with Gasteiger partial charge < -0.3 is 9.84 Å². The Hall–Kier alpha value is -3.25. The van der Waals surface area contributed by atoms with Crippen LogP contribution in [0.5, 0.6) is 0 Å². The fraction of sp³-hybridized carbons (Fsp3) is 0.333. The number of aromatic nitrogens is 2. The summed E-state index contributed by atoms with van der Waals surface area (Å²) < 4.78 is 43.2. The Morgan fingerprint density at radius 1 is 1.20 bits per heavy atom. The average Bonchev–Trinajstić information content (AvgIpc) is 2.91. The molecule has 1 heterocycles. The summed E-state index contributed by atoms with van der Waals surface area (Å²) in [6, 6.07) is 0.484. The van der Waals surface area contributed by atoms with Crippen LogP contribution in [0.25, 0.3) is 0 Å². The van der Waals surface area contributed by atoms with Crippen molar-refractivity contribution in [1.82, 2.24) is 10.1 Å². The highest BCUT2D eigenvalue weighted by atomic mass is 19.4. The predicted octanol–water partition coefficient (Wildman–Crippen LogP) is 2.87. The summed E-state index contributed by atoms with van der Waals surface area (Å²) in [5, 5.41) is 28.0. The zero-order valence-electron chi connectivity index (χ0n) is 12.5. The topological polar surface area (TPSA) is 137 Å². The van der Waals surface area contributed by atoms with Crippen molar-refractivity contribution in [2.45, 2.75) is 19.5 Å². The maximum atomic E-state index is 12.8. The maximum absolute atomic E-state index is 12.8. The summed E-state index contributed by atoms with van der Waals surface area (Å²) >= 11 is 0. The Morgan fingerprint density at radius 2 is 1.76 bits per heavy atom. The van der Waals surface area contributed by atoms with Gasteiger partial charge in [-0.3, -0.25) is 20.2 Å². The minimum Gasteiger partial charge on any atom is -0.373 e. The van der Waals surface area contributed by atoms with Gasteiger partial charge >= 0.3 is 6.18 Å². The molecule has 1 N–H and O–H groups in total. The lowest BCUT2D eigenvalue weighted by atomic mass is 10.1. The molecule has 2 aromatic rings. The fourth-order valence-electron chi connectivity index (χ4n) is 1.98. The molecule has 1 aromatic carbocycles. The molecule has 2 rings (SSSR count). The third kappa shape index (κ3) is 4.19. The number of anilines is 1. The van der Waals surface area contributed by atoms with Gasteiger partial charge in [-0.05, 0) is 6.92 Å². The quantitative estimate of drug-likeness (QED) is 0.612. The molecule has 0 saturated carbocycles. The molecule has 0 aliphatic rings. The van der Waals surface area contributed by atoms with Gasteiger partial charge in [-0.25, -0.2) is 0 Å². The summed E-state index contributed by atoms with van der Waals surface area (Å²) in [7, 11) is 0. The molecule has 13 heteroatoms. The minimum absolute atomic E-state index is 0.0656. The first-order valence-corrected chi connectivity index (χ1v) is 6.66. The third-order valence-corrected chi connectivity index (χ3v) is 3.03. The Kier molecular flexibility index (Phi) is 4.85. The van der Waals surface area contributed by atoms with Crippen LogP contribution in [0.2, 0.25) is 0 Å². The molecule has 25 heavy (non-hydrogen) atoms. The Bertz CT molecular complexity index is 785. The second-order valence-electron chi connectivity index (χ2n) is 4.81. The second kappa shape index (κ2) is 6.70. The first kappa shape index (κ1) is 18.1. The van der Waals surface area contributed by atoms with Crippen molar-refractivity contribution < 1.29 is 27.5 Å². The number of benzene rings is 1. The molecule has 0 spiro atoms. The number of halogens is 3. The molecule has 0 saturated heterocycles. The number of nitrogens with one attached hydrogen (secondary N) is 1. The molecule has 10 nitrogen and oxygen atoms in total. The van der Waals surface area contributed by atoms with Gasteiger partial charge in [-0.2, -0.15) is 18.2 Å². The molecule has 134 valence electrons. The van der Waals surface area contributed by atoms with Gasteiger partial charge in [0.15, 0.2) is 11.5 Å². The first-order valence-electron chi connectivity index (χ1n) is 6.66. The summed E-state index contributed by atoms with van der Waals surface area (Å²) in [5.41, 5.74) is -4.21. The van der Waals surface area contributed by atoms with E-state index in [1.54, 1.807) is 6.92 Å². The molecule has 0 bridgehead atoms. The smallest absolute Gasteiger partial charge is 0.373 e. The highest BCUT2D eigenvalue weighted by molar-refractivity contribution is 5.75. The predicted molar refractivity (Wildman–Crippen MR) is 76.0 cm³/mol. The standard InChI is InChI=1S/C12H10F3N5O5/c1-6-17-10(25-18-6)2-3-16-11-8(19(21)22)4-7(12(13,14)15)5-9(11)20(23)24/h4-5,16H,2-3H2,1H3. The van der Waals surface area contributed by atoms with E-state index >= 15 is 0 Å². The van der Waals surface area contributed by atoms with Gasteiger partial charge in [0, 0.05) is 25.1 Å². The lowest BCUT2D eigenvalue weighted by molar-refractivity contribution is -0.392. The van der Waals surface area contributed by atoms with Crippen molar-refractivity contribution in [2.75, 3.05) is 11.9 Å². The molecule has 0 radical (unpaired) electrons.